The van der Waals surface area contributed by atoms with Gasteiger partial charge in [-0.25, -0.2) is 4.79 Å². The number of nitrogens with one attached hydrogen (secondary N) is 3. The van der Waals surface area contributed by atoms with Gasteiger partial charge in [-0.15, -0.1) is 10.2 Å². The van der Waals surface area contributed by atoms with Crippen LogP contribution in [-0.4, -0.2) is 80.1 Å². The number of hydrogen-bond acceptors (Lipinski definition) is 8. The van der Waals surface area contributed by atoms with E-state index in [-0.39, 0.29) is 19.0 Å². The highest BCUT2D eigenvalue weighted by atomic mass is 16.6. The van der Waals surface area contributed by atoms with Gasteiger partial charge in [-0.3, -0.25) is 24.2 Å². The lowest BCUT2D eigenvalue weighted by molar-refractivity contribution is -0.130. The summed E-state index contributed by atoms with van der Waals surface area (Å²) in [6.07, 6.45) is 1.82. The van der Waals surface area contributed by atoms with Gasteiger partial charge in [0.25, 0.3) is 0 Å². The normalized spacial score (nSPS) is 19.2. The number of carbonyl (C=O) groups is 4. The van der Waals surface area contributed by atoms with Crippen LogP contribution in [0.15, 0.2) is 24.3 Å². The molecule has 1 aromatic heterocycles. The summed E-state index contributed by atoms with van der Waals surface area (Å²) in [4.78, 5) is 54.9. The summed E-state index contributed by atoms with van der Waals surface area (Å²) < 4.78 is 5.47. The first-order valence-corrected chi connectivity index (χ1v) is 12.3. The highest BCUT2D eigenvalue weighted by molar-refractivity contribution is 6.05. The van der Waals surface area contributed by atoms with Crippen LogP contribution in [0.2, 0.25) is 0 Å². The molecule has 13 heteroatoms. The van der Waals surface area contributed by atoms with E-state index in [1.54, 1.807) is 32.9 Å². The predicted octanol–water partition coefficient (Wildman–Crippen LogP) is 0.680. The van der Waals surface area contributed by atoms with Crippen molar-refractivity contribution in [2.75, 3.05) is 18.0 Å². The molecule has 0 radical (unpaired) electrons. The Morgan fingerprint density at radius 3 is 2.57 bits per heavy atom. The second kappa shape index (κ2) is 10.9. The summed E-state index contributed by atoms with van der Waals surface area (Å²) in [6.45, 7) is 5.45. The molecule has 37 heavy (non-hydrogen) atoms. The molecule has 3 heterocycles. The van der Waals surface area contributed by atoms with Crippen LogP contribution in [0, 0.1) is 0 Å². The molecule has 0 spiro atoms. The van der Waals surface area contributed by atoms with Gasteiger partial charge in [0.05, 0.1) is 13.1 Å². The van der Waals surface area contributed by atoms with Gasteiger partial charge in [-0.2, -0.15) is 5.21 Å². The Morgan fingerprint density at radius 2 is 1.84 bits per heavy atom. The third kappa shape index (κ3) is 6.22. The number of ether oxygens (including phenoxy) is 1. The lowest BCUT2D eigenvalue weighted by atomic mass is 10.0. The van der Waals surface area contributed by atoms with Crippen LogP contribution in [0.4, 0.5) is 10.5 Å². The van der Waals surface area contributed by atoms with Crippen molar-refractivity contribution in [1.29, 1.82) is 0 Å². The maximum absolute atomic E-state index is 13.3. The molecule has 1 fully saturated rings. The summed E-state index contributed by atoms with van der Waals surface area (Å²) in [7, 11) is 0. The molecule has 13 nitrogen and oxygen atoms in total. The number of benzene rings is 1. The molecule has 2 aliphatic heterocycles. The van der Waals surface area contributed by atoms with Crippen molar-refractivity contribution < 1.29 is 23.9 Å². The molecule has 0 bridgehead atoms. The monoisotopic (exact) mass is 512 g/mol. The van der Waals surface area contributed by atoms with E-state index in [0.717, 1.165) is 18.4 Å². The maximum Gasteiger partial charge on any atom is 0.410 e. The molecule has 4 amide bonds. The first-order valence-electron chi connectivity index (χ1n) is 12.3. The summed E-state index contributed by atoms with van der Waals surface area (Å²) in [5, 5.41) is 18.8. The minimum Gasteiger partial charge on any atom is -0.444 e. The lowest BCUT2D eigenvalue weighted by Crippen LogP contribution is -2.55. The van der Waals surface area contributed by atoms with E-state index in [4.69, 9.17) is 4.74 Å². The van der Waals surface area contributed by atoms with Crippen molar-refractivity contribution in [3.05, 3.63) is 35.7 Å². The number of tetrazole rings is 1. The standard InChI is InChI=1S/C24H32N8O5/c1-24(2,3)37-23(36)31-11-7-6-10-17(31)21(34)26-14-20(33)32-16-9-5-4-8-15(16)12-18(32)22(35)25-13-19-27-29-30-28-19/h4-5,8-9,17-18H,6-7,10-14H2,1-3H3,(H,25,35)(H,26,34)(H,27,28,29,30). The number of hydrogen-bond donors (Lipinski definition) is 3. The van der Waals surface area contributed by atoms with Crippen molar-refractivity contribution in [2.45, 2.75) is 70.7 Å². The molecule has 3 N–H and O–H groups in total. The quantitative estimate of drug-likeness (QED) is 0.509. The van der Waals surface area contributed by atoms with E-state index in [0.29, 0.717) is 30.9 Å². The van der Waals surface area contributed by atoms with Gasteiger partial charge in [0.2, 0.25) is 17.7 Å². The molecule has 2 unspecified atom stereocenters. The van der Waals surface area contributed by atoms with Crippen LogP contribution in [0.25, 0.3) is 0 Å². The van der Waals surface area contributed by atoms with E-state index in [2.05, 4.69) is 31.3 Å². The van der Waals surface area contributed by atoms with Gasteiger partial charge >= 0.3 is 6.09 Å². The predicted molar refractivity (Wildman–Crippen MR) is 131 cm³/mol. The van der Waals surface area contributed by atoms with E-state index in [1.807, 2.05) is 12.1 Å². The summed E-state index contributed by atoms with van der Waals surface area (Å²) in [5.41, 5.74) is 0.785. The number of para-hydroxylation sites is 1. The topological polar surface area (TPSA) is 163 Å². The number of rotatable bonds is 6. The van der Waals surface area contributed by atoms with Gasteiger partial charge < -0.3 is 15.4 Å². The Labute approximate surface area is 214 Å². The van der Waals surface area contributed by atoms with Crippen molar-refractivity contribution in [3.63, 3.8) is 0 Å². The Balaban J connectivity index is 1.42. The molecule has 2 aromatic rings. The first-order chi connectivity index (χ1) is 17.6. The molecule has 198 valence electrons. The Morgan fingerprint density at radius 1 is 1.08 bits per heavy atom. The SMILES string of the molecule is CC(C)(C)OC(=O)N1CCCCC1C(=O)NCC(=O)N1c2ccccc2CC1C(=O)NCc1nn[nH]n1. The Bertz CT molecular complexity index is 1150. The third-order valence-corrected chi connectivity index (χ3v) is 6.20. The zero-order valence-electron chi connectivity index (χ0n) is 21.2. The van der Waals surface area contributed by atoms with E-state index in [9.17, 15) is 19.2 Å². The summed E-state index contributed by atoms with van der Waals surface area (Å²) >= 11 is 0. The van der Waals surface area contributed by atoms with Crippen molar-refractivity contribution in [1.82, 2.24) is 36.2 Å². The largest absolute Gasteiger partial charge is 0.444 e. The van der Waals surface area contributed by atoms with Crippen molar-refractivity contribution in [3.8, 4) is 0 Å². The molecule has 4 rings (SSSR count). The fourth-order valence-corrected chi connectivity index (χ4v) is 4.55. The third-order valence-electron chi connectivity index (χ3n) is 6.20. The second-order valence-electron chi connectivity index (χ2n) is 10.1. The van der Waals surface area contributed by atoms with Crippen LogP contribution in [-0.2, 0) is 32.1 Å². The number of anilines is 1. The minimum absolute atomic E-state index is 0.0587. The summed E-state index contributed by atoms with van der Waals surface area (Å²) in [6, 6.07) is 5.75. The molecule has 1 aromatic carbocycles. The number of piperidine rings is 1. The fourth-order valence-electron chi connectivity index (χ4n) is 4.55. The number of nitrogens with zero attached hydrogens (tertiary/aromatic N) is 5. The van der Waals surface area contributed by atoms with E-state index in [1.165, 1.54) is 9.80 Å². The first kappa shape index (κ1) is 26.0. The number of aromatic amines is 1. The maximum atomic E-state index is 13.3. The number of likely N-dealkylation sites (tertiary alicyclic amines) is 1. The second-order valence-corrected chi connectivity index (χ2v) is 10.1. The molecular formula is C24H32N8O5. The fraction of sp³-hybridized carbons (Fsp3) is 0.542. The average molecular weight is 513 g/mol. The van der Waals surface area contributed by atoms with Crippen LogP contribution < -0.4 is 15.5 Å². The van der Waals surface area contributed by atoms with Gasteiger partial charge in [0.15, 0.2) is 5.82 Å². The number of carbonyl (C=O) groups excluding carboxylic acids is 4. The highest BCUT2D eigenvalue weighted by Crippen LogP contribution is 2.32. The zero-order chi connectivity index (χ0) is 26.6. The van der Waals surface area contributed by atoms with Gasteiger partial charge in [0, 0.05) is 18.7 Å². The van der Waals surface area contributed by atoms with Crippen LogP contribution in [0.1, 0.15) is 51.4 Å². The molecule has 2 aliphatic rings. The van der Waals surface area contributed by atoms with Crippen molar-refractivity contribution in [2.24, 2.45) is 0 Å². The van der Waals surface area contributed by atoms with Gasteiger partial charge in [-0.05, 0) is 51.7 Å². The van der Waals surface area contributed by atoms with Gasteiger partial charge in [0.1, 0.15) is 17.7 Å². The number of fused-ring (bicyclic) bond motifs is 1. The van der Waals surface area contributed by atoms with E-state index >= 15 is 0 Å². The van der Waals surface area contributed by atoms with Gasteiger partial charge in [-0.1, -0.05) is 23.4 Å². The molecular weight excluding hydrogens is 480 g/mol. The Hall–Kier alpha value is -4.03. The smallest absolute Gasteiger partial charge is 0.410 e. The molecule has 0 saturated carbocycles. The van der Waals surface area contributed by atoms with E-state index < -0.39 is 35.6 Å². The zero-order valence-corrected chi connectivity index (χ0v) is 21.2. The van der Waals surface area contributed by atoms with Crippen LogP contribution in [0.3, 0.4) is 0 Å². The Kier molecular flexibility index (Phi) is 7.69. The molecule has 2 atom stereocenters. The summed E-state index contributed by atoms with van der Waals surface area (Å²) in [5.74, 6) is -0.915. The molecule has 1 saturated heterocycles. The average Bonchev–Trinajstić information content (AvgIpc) is 3.52. The van der Waals surface area contributed by atoms with Crippen LogP contribution >= 0.6 is 0 Å². The van der Waals surface area contributed by atoms with Crippen LogP contribution in [0.5, 0.6) is 0 Å². The number of amides is 4. The number of H-pyrrole nitrogens is 1. The van der Waals surface area contributed by atoms with Crippen molar-refractivity contribution >= 4 is 29.5 Å². The number of aromatic nitrogens is 4. The molecule has 0 aliphatic carbocycles. The lowest BCUT2D eigenvalue weighted by Gasteiger charge is -2.35. The minimum atomic E-state index is -0.790. The highest BCUT2D eigenvalue weighted by Gasteiger charge is 2.39.